The van der Waals surface area contributed by atoms with Crippen molar-refractivity contribution in [2.45, 2.75) is 125 Å². The van der Waals surface area contributed by atoms with Crippen molar-refractivity contribution in [3.63, 3.8) is 0 Å². The normalized spacial score (nSPS) is 57.3. The molecule has 0 spiro atoms. The highest BCUT2D eigenvalue weighted by Gasteiger charge is 2.74. The number of aliphatic hydroxyl groups is 2. The van der Waals surface area contributed by atoms with Gasteiger partial charge in [0, 0.05) is 17.8 Å². The maximum absolute atomic E-state index is 13.7. The van der Waals surface area contributed by atoms with Crippen molar-refractivity contribution in [3.8, 4) is 0 Å². The van der Waals surface area contributed by atoms with Crippen molar-refractivity contribution in [1.82, 2.24) is 0 Å². The minimum absolute atomic E-state index is 0.0299. The molecule has 0 radical (unpaired) electrons. The van der Waals surface area contributed by atoms with Gasteiger partial charge < -0.3 is 10.2 Å². The van der Waals surface area contributed by atoms with Crippen molar-refractivity contribution < 1.29 is 15.0 Å². The second-order valence-electron chi connectivity index (χ2n) is 15.4. The second-order valence-corrected chi connectivity index (χ2v) is 15.4. The minimum Gasteiger partial charge on any atom is -0.393 e. The van der Waals surface area contributed by atoms with Crippen molar-refractivity contribution in [1.29, 1.82) is 0 Å². The van der Waals surface area contributed by atoms with Crippen LogP contribution in [0.2, 0.25) is 0 Å². The molecular weight excluding hydrogens is 408 g/mol. The predicted molar refractivity (Wildman–Crippen MR) is 133 cm³/mol. The van der Waals surface area contributed by atoms with Gasteiger partial charge in [0.25, 0.3) is 0 Å². The molecule has 5 fully saturated rings. The second kappa shape index (κ2) is 6.87. The third kappa shape index (κ3) is 2.73. The molecule has 5 aliphatic rings. The Hall–Kier alpha value is -0.410. The molecule has 3 nitrogen and oxygen atoms in total. The van der Waals surface area contributed by atoms with E-state index in [4.69, 9.17) is 0 Å². The van der Waals surface area contributed by atoms with E-state index in [-0.39, 0.29) is 39.1 Å². The van der Waals surface area contributed by atoms with Crippen LogP contribution >= 0.6 is 0 Å². The standard InChI is InChI=1S/C30H50O3/c1-25(2)13-11-23(33)30(8)19(25)9-16-29(7)24(30)18(31)17-21-27(5)14-12-22(32)26(3,4)20(27)10-15-28(21,29)6/h18-22,24,31-32H,9-17H2,1-8H3. The summed E-state index contributed by atoms with van der Waals surface area (Å²) in [4.78, 5) is 13.7. The first kappa shape index (κ1) is 24.3. The number of rotatable bonds is 0. The lowest BCUT2D eigenvalue weighted by Gasteiger charge is -2.75. The summed E-state index contributed by atoms with van der Waals surface area (Å²) in [5.74, 6) is 1.78. The first-order chi connectivity index (χ1) is 15.1. The van der Waals surface area contributed by atoms with Crippen molar-refractivity contribution in [2.75, 3.05) is 0 Å². The predicted octanol–water partition coefficient (Wildman–Crippen LogP) is 6.40. The van der Waals surface area contributed by atoms with Gasteiger partial charge in [-0.1, -0.05) is 55.4 Å². The number of hydrogen-bond donors (Lipinski definition) is 2. The zero-order chi connectivity index (χ0) is 24.4. The topological polar surface area (TPSA) is 57.5 Å². The van der Waals surface area contributed by atoms with Crippen molar-refractivity contribution in [2.24, 2.45) is 56.2 Å². The van der Waals surface area contributed by atoms with Gasteiger partial charge in [-0.2, -0.15) is 0 Å². The molecule has 0 aromatic rings. The molecule has 10 atom stereocenters. The summed E-state index contributed by atoms with van der Waals surface area (Å²) >= 11 is 0. The van der Waals surface area contributed by atoms with E-state index in [1.54, 1.807) is 0 Å². The SMILES string of the molecule is CC1(C)CCC(=O)C2(C)C1CCC1(C)C2C(O)CC2C3(C)CCC(O)C(C)(C)C3CCC21C. The number of carbonyl (C=O) groups is 1. The first-order valence-corrected chi connectivity index (χ1v) is 14.0. The maximum atomic E-state index is 13.7. The van der Waals surface area contributed by atoms with Crippen LogP contribution < -0.4 is 0 Å². The largest absolute Gasteiger partial charge is 0.393 e. The van der Waals surface area contributed by atoms with Crippen LogP contribution in [0, 0.1) is 56.2 Å². The van der Waals surface area contributed by atoms with Crippen molar-refractivity contribution >= 4 is 5.78 Å². The number of hydrogen-bond acceptors (Lipinski definition) is 3. The van der Waals surface area contributed by atoms with Crippen LogP contribution in [-0.4, -0.2) is 28.2 Å². The molecule has 5 rings (SSSR count). The van der Waals surface area contributed by atoms with E-state index in [2.05, 4.69) is 55.4 Å². The lowest BCUT2D eigenvalue weighted by Crippen LogP contribution is -2.72. The van der Waals surface area contributed by atoms with E-state index in [9.17, 15) is 15.0 Å². The van der Waals surface area contributed by atoms with E-state index >= 15 is 0 Å². The Bertz CT molecular complexity index is 845. The Morgan fingerprint density at radius 2 is 1.33 bits per heavy atom. The molecule has 10 unspecified atom stereocenters. The van der Waals surface area contributed by atoms with Gasteiger partial charge in [0.15, 0.2) is 0 Å². The van der Waals surface area contributed by atoms with E-state index in [1.165, 1.54) is 0 Å². The summed E-state index contributed by atoms with van der Waals surface area (Å²) in [5, 5.41) is 22.9. The molecule has 0 aromatic heterocycles. The lowest BCUT2D eigenvalue weighted by molar-refractivity contribution is -0.282. The number of Topliss-reactive ketones (excluding diaryl/α,β-unsaturated/α-hetero) is 1. The molecule has 33 heavy (non-hydrogen) atoms. The van der Waals surface area contributed by atoms with Crippen LogP contribution in [0.5, 0.6) is 0 Å². The molecule has 0 aliphatic heterocycles. The van der Waals surface area contributed by atoms with Gasteiger partial charge in [-0.15, -0.1) is 0 Å². The van der Waals surface area contributed by atoms with Gasteiger partial charge in [-0.25, -0.2) is 0 Å². The summed E-state index contributed by atoms with van der Waals surface area (Å²) < 4.78 is 0. The minimum atomic E-state index is -0.415. The van der Waals surface area contributed by atoms with Crippen LogP contribution in [-0.2, 0) is 4.79 Å². The zero-order valence-corrected chi connectivity index (χ0v) is 22.6. The van der Waals surface area contributed by atoms with E-state index in [0.717, 1.165) is 51.4 Å². The fourth-order valence-corrected chi connectivity index (χ4v) is 11.8. The third-order valence-corrected chi connectivity index (χ3v) is 13.7. The van der Waals surface area contributed by atoms with Crippen LogP contribution in [0.3, 0.4) is 0 Å². The van der Waals surface area contributed by atoms with Crippen LogP contribution in [0.1, 0.15) is 113 Å². The Morgan fingerprint density at radius 3 is 2.00 bits per heavy atom. The molecule has 0 heterocycles. The number of aliphatic hydroxyl groups excluding tert-OH is 2. The van der Waals surface area contributed by atoms with E-state index in [0.29, 0.717) is 30.0 Å². The maximum Gasteiger partial charge on any atom is 0.139 e. The summed E-state index contributed by atoms with van der Waals surface area (Å²) in [6.07, 6.45) is 8.33. The molecule has 188 valence electrons. The highest BCUT2D eigenvalue weighted by Crippen LogP contribution is 2.77. The summed E-state index contributed by atoms with van der Waals surface area (Å²) in [5.41, 5.74) is -0.104. The van der Waals surface area contributed by atoms with Gasteiger partial charge >= 0.3 is 0 Å². The molecule has 0 bridgehead atoms. The Labute approximate surface area is 202 Å². The molecule has 0 saturated heterocycles. The molecule has 5 saturated carbocycles. The Morgan fingerprint density at radius 1 is 0.727 bits per heavy atom. The first-order valence-electron chi connectivity index (χ1n) is 14.0. The molecular formula is C30H50O3. The zero-order valence-electron chi connectivity index (χ0n) is 22.6. The molecule has 0 amide bonds. The Balaban J connectivity index is 1.61. The van der Waals surface area contributed by atoms with Gasteiger partial charge in [0.2, 0.25) is 0 Å². The highest BCUT2D eigenvalue weighted by molar-refractivity contribution is 5.86. The fraction of sp³-hybridized carbons (Fsp3) is 0.967. The molecule has 0 aromatic carbocycles. The van der Waals surface area contributed by atoms with Gasteiger partial charge in [-0.05, 0) is 96.2 Å². The van der Waals surface area contributed by atoms with Crippen LogP contribution in [0.25, 0.3) is 0 Å². The number of ketones is 1. The van der Waals surface area contributed by atoms with Crippen LogP contribution in [0.15, 0.2) is 0 Å². The molecule has 2 N–H and O–H groups in total. The van der Waals surface area contributed by atoms with Gasteiger partial charge in [0.1, 0.15) is 5.78 Å². The summed E-state index contributed by atoms with van der Waals surface area (Å²) in [6, 6.07) is 0. The van der Waals surface area contributed by atoms with E-state index in [1.807, 2.05) is 0 Å². The van der Waals surface area contributed by atoms with Gasteiger partial charge in [0.05, 0.1) is 12.2 Å². The Kier molecular flexibility index (Phi) is 5.06. The summed E-state index contributed by atoms with van der Waals surface area (Å²) in [7, 11) is 0. The van der Waals surface area contributed by atoms with E-state index < -0.39 is 11.5 Å². The quantitative estimate of drug-likeness (QED) is 0.442. The number of carbonyl (C=O) groups excluding carboxylic acids is 1. The summed E-state index contributed by atoms with van der Waals surface area (Å²) in [6.45, 7) is 19.0. The fourth-order valence-electron chi connectivity index (χ4n) is 11.8. The molecule has 5 aliphatic carbocycles. The van der Waals surface area contributed by atoms with Crippen LogP contribution in [0.4, 0.5) is 0 Å². The average Bonchev–Trinajstić information content (AvgIpc) is 2.70. The highest BCUT2D eigenvalue weighted by atomic mass is 16.3. The lowest BCUT2D eigenvalue weighted by atomic mass is 9.30. The monoisotopic (exact) mass is 458 g/mol. The third-order valence-electron chi connectivity index (χ3n) is 13.7. The van der Waals surface area contributed by atoms with Gasteiger partial charge in [-0.3, -0.25) is 4.79 Å². The molecule has 3 heteroatoms. The smallest absolute Gasteiger partial charge is 0.139 e. The van der Waals surface area contributed by atoms with Crippen molar-refractivity contribution in [3.05, 3.63) is 0 Å². The number of fused-ring (bicyclic) bond motifs is 7. The average molecular weight is 459 g/mol.